The summed E-state index contributed by atoms with van der Waals surface area (Å²) in [5.41, 5.74) is 0.808. The summed E-state index contributed by atoms with van der Waals surface area (Å²) in [5.74, 6) is 0.415. The smallest absolute Gasteiger partial charge is 0.258 e. The molecule has 0 aliphatic rings. The Bertz CT molecular complexity index is 529. The number of nitrogens with zero attached hydrogens (tertiary/aromatic N) is 1. The van der Waals surface area contributed by atoms with Crippen LogP contribution in [0, 0.1) is 0 Å². The van der Waals surface area contributed by atoms with Crippen molar-refractivity contribution in [3.8, 4) is 5.75 Å². The Balaban J connectivity index is 1.74. The summed E-state index contributed by atoms with van der Waals surface area (Å²) in [6.07, 6.45) is 1.69. The van der Waals surface area contributed by atoms with Crippen LogP contribution in [-0.4, -0.2) is 17.5 Å². The summed E-state index contributed by atoms with van der Waals surface area (Å²) >= 11 is 5.75. The molecule has 1 heterocycles. The third kappa shape index (κ3) is 4.60. The number of halogens is 1. The molecule has 0 atom stereocenters. The molecule has 2 rings (SSSR count). The molecule has 0 unspecified atom stereocenters. The van der Waals surface area contributed by atoms with Gasteiger partial charge in [0.2, 0.25) is 0 Å². The number of hydrogen-bond donors (Lipinski definition) is 1. The SMILES string of the molecule is O=C(COc1ccc(Cl)cc1)NCc1ccccn1. The van der Waals surface area contributed by atoms with Crippen LogP contribution in [0.2, 0.25) is 5.02 Å². The molecule has 1 aromatic heterocycles. The van der Waals surface area contributed by atoms with E-state index in [0.717, 1.165) is 5.69 Å². The van der Waals surface area contributed by atoms with Gasteiger partial charge in [-0.15, -0.1) is 0 Å². The first-order valence-electron chi connectivity index (χ1n) is 5.79. The quantitative estimate of drug-likeness (QED) is 0.912. The van der Waals surface area contributed by atoms with Crippen molar-refractivity contribution in [2.45, 2.75) is 6.54 Å². The molecule has 2 aromatic rings. The second-order valence-corrected chi connectivity index (χ2v) is 4.28. The lowest BCUT2D eigenvalue weighted by molar-refractivity contribution is -0.123. The van der Waals surface area contributed by atoms with E-state index in [1.807, 2.05) is 18.2 Å². The minimum absolute atomic E-state index is 0.0333. The number of amides is 1. The van der Waals surface area contributed by atoms with Gasteiger partial charge in [0.05, 0.1) is 12.2 Å². The number of aromatic nitrogens is 1. The number of rotatable bonds is 5. The maximum Gasteiger partial charge on any atom is 0.258 e. The zero-order chi connectivity index (χ0) is 13.5. The number of benzene rings is 1. The van der Waals surface area contributed by atoms with E-state index in [1.54, 1.807) is 30.5 Å². The molecule has 4 nitrogen and oxygen atoms in total. The molecule has 98 valence electrons. The number of carbonyl (C=O) groups is 1. The molecule has 1 aromatic carbocycles. The van der Waals surface area contributed by atoms with Gasteiger partial charge in [-0.25, -0.2) is 0 Å². The zero-order valence-corrected chi connectivity index (χ0v) is 10.9. The van der Waals surface area contributed by atoms with Crippen LogP contribution in [0.15, 0.2) is 48.7 Å². The van der Waals surface area contributed by atoms with Crippen molar-refractivity contribution in [2.24, 2.45) is 0 Å². The molecule has 0 radical (unpaired) electrons. The number of pyridine rings is 1. The average molecular weight is 277 g/mol. The first-order valence-corrected chi connectivity index (χ1v) is 6.17. The average Bonchev–Trinajstić information content (AvgIpc) is 2.45. The van der Waals surface area contributed by atoms with Crippen molar-refractivity contribution in [1.82, 2.24) is 10.3 Å². The molecular formula is C14H13ClN2O2. The van der Waals surface area contributed by atoms with E-state index in [0.29, 0.717) is 17.3 Å². The van der Waals surface area contributed by atoms with Gasteiger partial charge in [-0.1, -0.05) is 17.7 Å². The summed E-state index contributed by atoms with van der Waals surface area (Å²) < 4.78 is 5.32. The standard InChI is InChI=1S/C14H13ClN2O2/c15-11-4-6-13(7-5-11)19-10-14(18)17-9-12-3-1-2-8-16-12/h1-8H,9-10H2,(H,17,18). The number of hydrogen-bond acceptors (Lipinski definition) is 3. The van der Waals surface area contributed by atoms with Crippen LogP contribution in [0.1, 0.15) is 5.69 Å². The number of nitrogens with one attached hydrogen (secondary N) is 1. The monoisotopic (exact) mass is 276 g/mol. The highest BCUT2D eigenvalue weighted by Gasteiger charge is 2.03. The van der Waals surface area contributed by atoms with Gasteiger partial charge in [-0.05, 0) is 36.4 Å². The molecule has 0 fully saturated rings. The Kier molecular flexibility index (Phi) is 4.75. The molecule has 0 saturated carbocycles. The van der Waals surface area contributed by atoms with Crippen molar-refractivity contribution in [3.63, 3.8) is 0 Å². The van der Waals surface area contributed by atoms with Gasteiger partial charge in [0, 0.05) is 11.2 Å². The Morgan fingerprint density at radius 3 is 2.68 bits per heavy atom. The highest BCUT2D eigenvalue weighted by Crippen LogP contribution is 2.15. The van der Waals surface area contributed by atoms with Crippen molar-refractivity contribution in [1.29, 1.82) is 0 Å². The Hall–Kier alpha value is -2.07. The molecule has 0 aliphatic heterocycles. The maximum atomic E-state index is 11.6. The minimum Gasteiger partial charge on any atom is -0.484 e. The molecule has 0 spiro atoms. The van der Waals surface area contributed by atoms with E-state index in [4.69, 9.17) is 16.3 Å². The van der Waals surface area contributed by atoms with E-state index < -0.39 is 0 Å². The van der Waals surface area contributed by atoms with Gasteiger partial charge < -0.3 is 10.1 Å². The van der Waals surface area contributed by atoms with Crippen LogP contribution >= 0.6 is 11.6 Å². The summed E-state index contributed by atoms with van der Waals surface area (Å²) in [7, 11) is 0. The lowest BCUT2D eigenvalue weighted by atomic mass is 10.3. The maximum absolute atomic E-state index is 11.6. The molecule has 19 heavy (non-hydrogen) atoms. The van der Waals surface area contributed by atoms with Crippen LogP contribution in [0.25, 0.3) is 0 Å². The van der Waals surface area contributed by atoms with Gasteiger partial charge in [-0.3, -0.25) is 9.78 Å². The fourth-order valence-electron chi connectivity index (χ4n) is 1.42. The van der Waals surface area contributed by atoms with Crippen LogP contribution in [0.5, 0.6) is 5.75 Å². The largest absolute Gasteiger partial charge is 0.484 e. The molecule has 0 saturated heterocycles. The van der Waals surface area contributed by atoms with Gasteiger partial charge in [0.25, 0.3) is 5.91 Å². The van der Waals surface area contributed by atoms with Crippen molar-refractivity contribution in [2.75, 3.05) is 6.61 Å². The van der Waals surface area contributed by atoms with Crippen molar-refractivity contribution < 1.29 is 9.53 Å². The minimum atomic E-state index is -0.194. The Morgan fingerprint density at radius 1 is 1.21 bits per heavy atom. The zero-order valence-electron chi connectivity index (χ0n) is 10.2. The van der Waals surface area contributed by atoms with E-state index in [9.17, 15) is 4.79 Å². The lowest BCUT2D eigenvalue weighted by Crippen LogP contribution is -2.28. The third-order valence-electron chi connectivity index (χ3n) is 2.38. The van der Waals surface area contributed by atoms with Crippen molar-refractivity contribution >= 4 is 17.5 Å². The summed E-state index contributed by atoms with van der Waals surface area (Å²) in [4.78, 5) is 15.7. The van der Waals surface area contributed by atoms with Gasteiger partial charge in [-0.2, -0.15) is 0 Å². The highest BCUT2D eigenvalue weighted by atomic mass is 35.5. The summed E-state index contributed by atoms with van der Waals surface area (Å²) in [6.45, 7) is 0.359. The van der Waals surface area contributed by atoms with Gasteiger partial charge >= 0.3 is 0 Å². The van der Waals surface area contributed by atoms with Gasteiger partial charge in [0.15, 0.2) is 6.61 Å². The predicted molar refractivity (Wildman–Crippen MR) is 73.0 cm³/mol. The topological polar surface area (TPSA) is 51.2 Å². The Labute approximate surface area is 116 Å². The molecule has 5 heteroatoms. The first-order chi connectivity index (χ1) is 9.24. The fourth-order valence-corrected chi connectivity index (χ4v) is 1.55. The second kappa shape index (κ2) is 6.75. The molecule has 0 aliphatic carbocycles. The van der Waals surface area contributed by atoms with Crippen molar-refractivity contribution in [3.05, 3.63) is 59.4 Å². The van der Waals surface area contributed by atoms with Gasteiger partial charge in [0.1, 0.15) is 5.75 Å². The molecular weight excluding hydrogens is 264 g/mol. The number of ether oxygens (including phenoxy) is 1. The fraction of sp³-hybridized carbons (Fsp3) is 0.143. The van der Waals surface area contributed by atoms with Crippen LogP contribution in [0.4, 0.5) is 0 Å². The van der Waals surface area contributed by atoms with E-state index in [2.05, 4.69) is 10.3 Å². The summed E-state index contributed by atoms with van der Waals surface area (Å²) in [5, 5.41) is 3.36. The molecule has 1 amide bonds. The van der Waals surface area contributed by atoms with Crippen LogP contribution in [-0.2, 0) is 11.3 Å². The Morgan fingerprint density at radius 2 is 2.00 bits per heavy atom. The normalized spacial score (nSPS) is 9.95. The first kappa shape index (κ1) is 13.4. The third-order valence-corrected chi connectivity index (χ3v) is 2.63. The number of carbonyl (C=O) groups excluding carboxylic acids is 1. The van der Waals surface area contributed by atoms with E-state index in [-0.39, 0.29) is 12.5 Å². The molecule has 1 N–H and O–H groups in total. The van der Waals surface area contributed by atoms with Crippen LogP contribution in [0.3, 0.4) is 0 Å². The highest BCUT2D eigenvalue weighted by molar-refractivity contribution is 6.30. The predicted octanol–water partition coefficient (Wildman–Crippen LogP) is 2.43. The lowest BCUT2D eigenvalue weighted by Gasteiger charge is -2.07. The molecule has 0 bridgehead atoms. The summed E-state index contributed by atoms with van der Waals surface area (Å²) in [6, 6.07) is 12.4. The second-order valence-electron chi connectivity index (χ2n) is 3.84. The van der Waals surface area contributed by atoms with E-state index in [1.165, 1.54) is 0 Å². The van der Waals surface area contributed by atoms with Crippen LogP contribution < -0.4 is 10.1 Å². The van der Waals surface area contributed by atoms with E-state index >= 15 is 0 Å².